The third kappa shape index (κ3) is 2.93. The molecule has 0 aromatic heterocycles. The smallest absolute Gasteiger partial charge is 0.191 e. The van der Waals surface area contributed by atoms with E-state index in [1.807, 2.05) is 50.0 Å². The van der Waals surface area contributed by atoms with Crippen LogP contribution in [0.2, 0.25) is 0 Å². The van der Waals surface area contributed by atoms with Crippen molar-refractivity contribution >= 4 is 12.6 Å². The Morgan fingerprint density at radius 3 is 2.40 bits per heavy atom. The quantitative estimate of drug-likeness (QED) is 0.666. The van der Waals surface area contributed by atoms with Gasteiger partial charge in [0.15, 0.2) is 5.88 Å². The number of aliphatic hydroxyl groups is 1. The van der Waals surface area contributed by atoms with E-state index in [0.717, 1.165) is 5.70 Å². The van der Waals surface area contributed by atoms with Crippen molar-refractivity contribution in [2.75, 3.05) is 0 Å². The van der Waals surface area contributed by atoms with Crippen LogP contribution >= 0.6 is 12.6 Å². The van der Waals surface area contributed by atoms with Crippen molar-refractivity contribution in [2.45, 2.75) is 26.3 Å². The fourth-order valence-electron chi connectivity index (χ4n) is 1.51. The molecule has 0 amide bonds. The highest BCUT2D eigenvalue weighted by molar-refractivity contribution is 7.83. The molecular formula is C12H17NOS. The summed E-state index contributed by atoms with van der Waals surface area (Å²) in [7, 11) is 0. The number of hydrogen-bond donors (Lipinski definition) is 2. The van der Waals surface area contributed by atoms with Crippen LogP contribution in [0.5, 0.6) is 0 Å². The van der Waals surface area contributed by atoms with Crippen molar-refractivity contribution in [1.82, 2.24) is 4.90 Å². The lowest BCUT2D eigenvalue weighted by molar-refractivity contribution is 0.150. The molecule has 1 N–H and O–H groups in total. The van der Waals surface area contributed by atoms with Crippen molar-refractivity contribution in [3.05, 3.63) is 47.4 Å². The summed E-state index contributed by atoms with van der Waals surface area (Å²) in [6.07, 6.45) is 9.19. The molecule has 1 heterocycles. The zero-order valence-corrected chi connectivity index (χ0v) is 10.2. The topological polar surface area (TPSA) is 23.5 Å². The maximum atomic E-state index is 9.92. The fourth-order valence-corrected chi connectivity index (χ4v) is 1.67. The van der Waals surface area contributed by atoms with Gasteiger partial charge in [0.2, 0.25) is 0 Å². The van der Waals surface area contributed by atoms with Gasteiger partial charge in [0.05, 0.1) is 0 Å². The molecule has 0 atom stereocenters. The molecule has 15 heavy (non-hydrogen) atoms. The van der Waals surface area contributed by atoms with Gasteiger partial charge in [0.25, 0.3) is 0 Å². The molecule has 0 bridgehead atoms. The molecule has 0 fully saturated rings. The van der Waals surface area contributed by atoms with E-state index in [0.29, 0.717) is 0 Å². The van der Waals surface area contributed by atoms with Crippen LogP contribution < -0.4 is 0 Å². The highest BCUT2D eigenvalue weighted by Gasteiger charge is 2.25. The third-order valence-electron chi connectivity index (χ3n) is 2.03. The van der Waals surface area contributed by atoms with Crippen LogP contribution in [0.15, 0.2) is 47.4 Å². The summed E-state index contributed by atoms with van der Waals surface area (Å²) < 4.78 is 0. The Morgan fingerprint density at radius 1 is 1.27 bits per heavy atom. The van der Waals surface area contributed by atoms with Gasteiger partial charge in [-0.25, -0.2) is 0 Å². The Labute approximate surface area is 96.7 Å². The van der Waals surface area contributed by atoms with Crippen LogP contribution in [0.3, 0.4) is 0 Å². The number of hydrogen-bond acceptors (Lipinski definition) is 3. The van der Waals surface area contributed by atoms with E-state index >= 15 is 0 Å². The molecule has 0 aromatic rings. The lowest BCUT2D eigenvalue weighted by Gasteiger charge is -2.36. The lowest BCUT2D eigenvalue weighted by Crippen LogP contribution is -2.39. The molecule has 0 aliphatic carbocycles. The van der Waals surface area contributed by atoms with Crippen LogP contribution in [0.25, 0.3) is 0 Å². The Kier molecular flexibility index (Phi) is 3.69. The summed E-state index contributed by atoms with van der Waals surface area (Å²) in [4.78, 5) is 1.86. The van der Waals surface area contributed by atoms with Gasteiger partial charge in [0, 0.05) is 11.2 Å². The van der Waals surface area contributed by atoms with E-state index in [1.54, 1.807) is 11.5 Å². The van der Waals surface area contributed by atoms with Crippen LogP contribution in [-0.4, -0.2) is 15.5 Å². The van der Waals surface area contributed by atoms with Gasteiger partial charge in [-0.2, -0.15) is 12.6 Å². The molecule has 0 radical (unpaired) electrons. The second-order valence-electron chi connectivity index (χ2n) is 4.32. The van der Waals surface area contributed by atoms with Crippen molar-refractivity contribution in [1.29, 1.82) is 0 Å². The number of aliphatic hydroxyl groups excluding tert-OH is 1. The van der Waals surface area contributed by atoms with Gasteiger partial charge >= 0.3 is 0 Å². The normalized spacial score (nSPS) is 17.7. The second-order valence-corrected chi connectivity index (χ2v) is 4.62. The van der Waals surface area contributed by atoms with Gasteiger partial charge in [-0.05, 0) is 44.4 Å². The molecule has 82 valence electrons. The van der Waals surface area contributed by atoms with Gasteiger partial charge < -0.3 is 10.0 Å². The highest BCUT2D eigenvalue weighted by atomic mass is 32.1. The summed E-state index contributed by atoms with van der Waals surface area (Å²) in [5.41, 5.74) is 0.742. The van der Waals surface area contributed by atoms with Crippen LogP contribution in [0.4, 0.5) is 0 Å². The Hall–Kier alpha value is -1.09. The maximum Gasteiger partial charge on any atom is 0.191 e. The van der Waals surface area contributed by atoms with E-state index in [4.69, 9.17) is 0 Å². The molecule has 0 saturated carbocycles. The predicted octanol–water partition coefficient (Wildman–Crippen LogP) is 3.38. The summed E-state index contributed by atoms with van der Waals surface area (Å²) in [6.45, 7) is 6.13. The van der Waals surface area contributed by atoms with Crippen molar-refractivity contribution in [2.24, 2.45) is 0 Å². The summed E-state index contributed by atoms with van der Waals surface area (Å²) >= 11 is 4.06. The molecule has 1 aliphatic heterocycles. The van der Waals surface area contributed by atoms with E-state index in [2.05, 4.69) is 12.6 Å². The summed E-state index contributed by atoms with van der Waals surface area (Å²) in [6, 6.07) is 0. The molecule has 0 spiro atoms. The fraction of sp³-hybridized carbons (Fsp3) is 0.333. The molecule has 2 nitrogen and oxygen atoms in total. The molecule has 0 unspecified atom stereocenters. The first-order valence-corrected chi connectivity index (χ1v) is 5.37. The van der Waals surface area contributed by atoms with Crippen LogP contribution in [-0.2, 0) is 0 Å². The van der Waals surface area contributed by atoms with Gasteiger partial charge in [0.1, 0.15) is 0 Å². The molecule has 0 aromatic carbocycles. The zero-order valence-electron chi connectivity index (χ0n) is 9.31. The van der Waals surface area contributed by atoms with Crippen LogP contribution in [0, 0.1) is 0 Å². The van der Waals surface area contributed by atoms with Crippen molar-refractivity contribution < 1.29 is 5.11 Å². The Morgan fingerprint density at radius 2 is 1.87 bits per heavy atom. The average Bonchev–Trinajstić information content (AvgIpc) is 2.26. The Bertz CT molecular complexity index is 345. The van der Waals surface area contributed by atoms with E-state index in [9.17, 15) is 5.11 Å². The highest BCUT2D eigenvalue weighted by Crippen LogP contribution is 2.26. The molecule has 3 heteroatoms. The van der Waals surface area contributed by atoms with Gasteiger partial charge in [-0.3, -0.25) is 0 Å². The molecule has 1 aliphatic rings. The average molecular weight is 223 g/mol. The second kappa shape index (κ2) is 4.62. The van der Waals surface area contributed by atoms with E-state index in [-0.39, 0.29) is 11.4 Å². The minimum Gasteiger partial charge on any atom is -0.494 e. The summed E-state index contributed by atoms with van der Waals surface area (Å²) in [5.74, 6) is 0.244. The van der Waals surface area contributed by atoms with E-state index < -0.39 is 0 Å². The van der Waals surface area contributed by atoms with Crippen molar-refractivity contribution in [3.8, 4) is 0 Å². The largest absolute Gasteiger partial charge is 0.494 e. The minimum atomic E-state index is -0.175. The zero-order chi connectivity index (χ0) is 11.5. The number of allylic oxidation sites excluding steroid dienone is 5. The monoisotopic (exact) mass is 223 g/mol. The van der Waals surface area contributed by atoms with Gasteiger partial charge in [-0.1, -0.05) is 12.2 Å². The first-order chi connectivity index (χ1) is 6.96. The molecule has 1 rings (SSSR count). The van der Waals surface area contributed by atoms with Gasteiger partial charge in [-0.15, -0.1) is 0 Å². The minimum absolute atomic E-state index is 0.175. The number of thiol groups is 1. The van der Waals surface area contributed by atoms with Crippen molar-refractivity contribution in [3.63, 3.8) is 0 Å². The number of nitrogens with zero attached hydrogens (tertiary/aromatic N) is 1. The molecule has 0 saturated heterocycles. The molecular weight excluding hydrogens is 206 g/mol. The summed E-state index contributed by atoms with van der Waals surface area (Å²) in [5, 5.41) is 11.6. The number of rotatable bonds is 1. The lowest BCUT2D eigenvalue weighted by atomic mass is 10.1. The SMILES string of the molecule is CC(C)(C)N1C(O)=CC=CC=C1/C=C\S. The van der Waals surface area contributed by atoms with E-state index in [1.165, 1.54) is 0 Å². The predicted molar refractivity (Wildman–Crippen MR) is 67.7 cm³/mol. The maximum absolute atomic E-state index is 9.92. The Balaban J connectivity index is 3.16. The first-order valence-electron chi connectivity index (χ1n) is 4.85. The van der Waals surface area contributed by atoms with Crippen LogP contribution in [0.1, 0.15) is 20.8 Å². The third-order valence-corrected chi connectivity index (χ3v) is 2.18. The first kappa shape index (κ1) is 12.0. The standard InChI is InChI=1S/C12H17NOS/c1-12(2,3)13-10(8-9-15)6-4-5-7-11(13)14/h4-9,14-15H,1-3H3/b9-8-.